The molecule has 1 aliphatic rings. The number of nitriles is 1. The Morgan fingerprint density at radius 2 is 2.20 bits per heavy atom. The molecule has 1 unspecified atom stereocenters. The van der Waals surface area contributed by atoms with Crippen molar-refractivity contribution >= 4 is 11.4 Å². The van der Waals surface area contributed by atoms with E-state index in [0.29, 0.717) is 11.3 Å². The third-order valence-electron chi connectivity index (χ3n) is 3.47. The maximum Gasteiger partial charge on any atom is 0.270 e. The molecule has 1 N–H and O–H groups in total. The summed E-state index contributed by atoms with van der Waals surface area (Å²) >= 11 is 0. The van der Waals surface area contributed by atoms with E-state index in [0.717, 1.165) is 19.6 Å². The smallest absolute Gasteiger partial charge is 0.270 e. The van der Waals surface area contributed by atoms with Crippen LogP contribution in [0.15, 0.2) is 18.2 Å². The molecule has 1 saturated heterocycles. The fourth-order valence-corrected chi connectivity index (χ4v) is 2.53. The average molecular weight is 274 g/mol. The molecule has 0 aromatic heterocycles. The van der Waals surface area contributed by atoms with Crippen molar-refractivity contribution in [1.29, 1.82) is 5.26 Å². The summed E-state index contributed by atoms with van der Waals surface area (Å²) in [6.45, 7) is 5.22. The van der Waals surface area contributed by atoms with Crippen molar-refractivity contribution in [3.05, 3.63) is 33.9 Å². The highest BCUT2D eigenvalue weighted by molar-refractivity contribution is 5.61. The van der Waals surface area contributed by atoms with Gasteiger partial charge in [-0.2, -0.15) is 5.26 Å². The standard InChI is InChI=1S/C14H18N4O2/c1-11(10-17-6-2-3-7-17)16-14-5-4-13(18(19)20)8-12(14)9-15/h4-5,8,11,16H,2-3,6-7,10H2,1H3. The van der Waals surface area contributed by atoms with Gasteiger partial charge in [0.05, 0.1) is 16.2 Å². The van der Waals surface area contributed by atoms with Gasteiger partial charge in [0.25, 0.3) is 5.69 Å². The number of benzene rings is 1. The maximum atomic E-state index is 10.7. The highest BCUT2D eigenvalue weighted by atomic mass is 16.6. The molecule has 1 atom stereocenters. The lowest BCUT2D eigenvalue weighted by molar-refractivity contribution is -0.384. The van der Waals surface area contributed by atoms with E-state index in [1.165, 1.54) is 25.0 Å². The fourth-order valence-electron chi connectivity index (χ4n) is 2.53. The van der Waals surface area contributed by atoms with E-state index in [9.17, 15) is 10.1 Å². The van der Waals surface area contributed by atoms with Crippen LogP contribution in [0.5, 0.6) is 0 Å². The summed E-state index contributed by atoms with van der Waals surface area (Å²) in [5.41, 5.74) is 0.913. The normalized spacial score (nSPS) is 16.6. The maximum absolute atomic E-state index is 10.7. The SMILES string of the molecule is CC(CN1CCCC1)Nc1ccc([N+](=O)[O-])cc1C#N. The molecule has 20 heavy (non-hydrogen) atoms. The molecule has 0 bridgehead atoms. The number of nitrogens with one attached hydrogen (secondary N) is 1. The molecule has 1 aromatic rings. The van der Waals surface area contributed by atoms with Crippen LogP contribution in [0.4, 0.5) is 11.4 Å². The highest BCUT2D eigenvalue weighted by Crippen LogP contribution is 2.22. The molecule has 0 saturated carbocycles. The van der Waals surface area contributed by atoms with Gasteiger partial charge in [0.1, 0.15) is 6.07 Å². The Kier molecular flexibility index (Phi) is 4.53. The third-order valence-corrected chi connectivity index (χ3v) is 3.47. The summed E-state index contributed by atoms with van der Waals surface area (Å²) in [6, 6.07) is 6.55. The first-order valence-electron chi connectivity index (χ1n) is 6.77. The Balaban J connectivity index is 2.04. The zero-order chi connectivity index (χ0) is 14.5. The summed E-state index contributed by atoms with van der Waals surface area (Å²) in [7, 11) is 0. The molecule has 0 amide bonds. The van der Waals surface area contributed by atoms with Crippen LogP contribution in [0.2, 0.25) is 0 Å². The van der Waals surface area contributed by atoms with Gasteiger partial charge in [0.15, 0.2) is 0 Å². The lowest BCUT2D eigenvalue weighted by atomic mass is 10.1. The molecule has 106 valence electrons. The minimum atomic E-state index is -0.488. The van der Waals surface area contributed by atoms with E-state index in [2.05, 4.69) is 17.1 Å². The first-order chi connectivity index (χ1) is 9.60. The summed E-state index contributed by atoms with van der Waals surface area (Å²) in [5, 5.41) is 23.1. The number of nitro groups is 1. The second-order valence-electron chi connectivity index (χ2n) is 5.15. The van der Waals surface area contributed by atoms with Crippen molar-refractivity contribution in [1.82, 2.24) is 4.90 Å². The van der Waals surface area contributed by atoms with E-state index in [1.54, 1.807) is 6.07 Å². The summed E-state index contributed by atoms with van der Waals surface area (Å²) < 4.78 is 0. The Morgan fingerprint density at radius 1 is 1.50 bits per heavy atom. The van der Waals surface area contributed by atoms with Gasteiger partial charge in [-0.1, -0.05) is 0 Å². The van der Waals surface area contributed by atoms with Crippen LogP contribution < -0.4 is 5.32 Å². The number of rotatable bonds is 5. The van der Waals surface area contributed by atoms with Gasteiger partial charge >= 0.3 is 0 Å². The van der Waals surface area contributed by atoms with E-state index >= 15 is 0 Å². The molecule has 6 nitrogen and oxygen atoms in total. The monoisotopic (exact) mass is 274 g/mol. The average Bonchev–Trinajstić information content (AvgIpc) is 2.91. The van der Waals surface area contributed by atoms with Gasteiger partial charge in [0, 0.05) is 24.7 Å². The predicted octanol–water partition coefficient (Wildman–Crippen LogP) is 2.36. The lowest BCUT2D eigenvalue weighted by Gasteiger charge is -2.22. The Bertz CT molecular complexity index is 532. The van der Waals surface area contributed by atoms with E-state index < -0.39 is 4.92 Å². The molecule has 6 heteroatoms. The molecule has 0 aliphatic carbocycles. The van der Waals surface area contributed by atoms with E-state index in [4.69, 9.17) is 5.26 Å². The van der Waals surface area contributed by atoms with Crippen LogP contribution in [0.1, 0.15) is 25.3 Å². The topological polar surface area (TPSA) is 82.2 Å². The van der Waals surface area contributed by atoms with Crippen molar-refractivity contribution in [3.8, 4) is 6.07 Å². The van der Waals surface area contributed by atoms with E-state index in [-0.39, 0.29) is 11.7 Å². The lowest BCUT2D eigenvalue weighted by Crippen LogP contribution is -2.33. The third kappa shape index (κ3) is 3.45. The van der Waals surface area contributed by atoms with Gasteiger partial charge in [-0.05, 0) is 38.9 Å². The van der Waals surface area contributed by atoms with Crippen LogP contribution in [0.3, 0.4) is 0 Å². The predicted molar refractivity (Wildman–Crippen MR) is 76.6 cm³/mol. The highest BCUT2D eigenvalue weighted by Gasteiger charge is 2.16. The summed E-state index contributed by atoms with van der Waals surface area (Å²) in [6.07, 6.45) is 2.49. The summed E-state index contributed by atoms with van der Waals surface area (Å²) in [4.78, 5) is 12.6. The number of likely N-dealkylation sites (tertiary alicyclic amines) is 1. The van der Waals surface area contributed by atoms with Crippen molar-refractivity contribution < 1.29 is 4.92 Å². The van der Waals surface area contributed by atoms with Crippen LogP contribution in [-0.4, -0.2) is 35.5 Å². The zero-order valence-electron chi connectivity index (χ0n) is 11.5. The molecule has 1 aliphatic heterocycles. The molecule has 1 fully saturated rings. The van der Waals surface area contributed by atoms with Gasteiger partial charge in [-0.15, -0.1) is 0 Å². The van der Waals surface area contributed by atoms with Crippen LogP contribution in [-0.2, 0) is 0 Å². The first-order valence-corrected chi connectivity index (χ1v) is 6.77. The Labute approximate surface area is 118 Å². The van der Waals surface area contributed by atoms with Gasteiger partial charge in [0.2, 0.25) is 0 Å². The second-order valence-corrected chi connectivity index (χ2v) is 5.15. The molecule has 1 aromatic carbocycles. The molecule has 0 spiro atoms. The van der Waals surface area contributed by atoms with Crippen molar-refractivity contribution in [2.75, 3.05) is 25.0 Å². The number of hydrogen-bond donors (Lipinski definition) is 1. The molecular weight excluding hydrogens is 256 g/mol. The number of nitrogens with zero attached hydrogens (tertiary/aromatic N) is 3. The largest absolute Gasteiger partial charge is 0.380 e. The molecule has 1 heterocycles. The van der Waals surface area contributed by atoms with Crippen molar-refractivity contribution in [2.45, 2.75) is 25.8 Å². The van der Waals surface area contributed by atoms with Gasteiger partial charge < -0.3 is 10.2 Å². The van der Waals surface area contributed by atoms with Crippen LogP contribution >= 0.6 is 0 Å². The quantitative estimate of drug-likeness (QED) is 0.658. The minimum Gasteiger partial charge on any atom is -0.380 e. The van der Waals surface area contributed by atoms with Crippen LogP contribution in [0, 0.1) is 21.4 Å². The number of nitro benzene ring substituents is 1. The van der Waals surface area contributed by atoms with Crippen molar-refractivity contribution in [3.63, 3.8) is 0 Å². The minimum absolute atomic E-state index is 0.0562. The second kappa shape index (κ2) is 6.35. The summed E-state index contributed by atoms with van der Waals surface area (Å²) in [5.74, 6) is 0. The van der Waals surface area contributed by atoms with Crippen molar-refractivity contribution in [2.24, 2.45) is 0 Å². The number of hydrogen-bond acceptors (Lipinski definition) is 5. The number of anilines is 1. The molecule has 0 radical (unpaired) electrons. The fraction of sp³-hybridized carbons (Fsp3) is 0.500. The Hall–Kier alpha value is -2.13. The van der Waals surface area contributed by atoms with Gasteiger partial charge in [-0.25, -0.2) is 0 Å². The molecule has 2 rings (SSSR count). The zero-order valence-corrected chi connectivity index (χ0v) is 11.5. The number of non-ortho nitro benzene ring substituents is 1. The first kappa shape index (κ1) is 14.3. The van der Waals surface area contributed by atoms with E-state index in [1.807, 2.05) is 6.07 Å². The Morgan fingerprint density at radius 3 is 2.80 bits per heavy atom. The molecular formula is C14H18N4O2. The van der Waals surface area contributed by atoms with Crippen LogP contribution in [0.25, 0.3) is 0 Å². The van der Waals surface area contributed by atoms with Gasteiger partial charge in [-0.3, -0.25) is 10.1 Å².